The van der Waals surface area contributed by atoms with Crippen LogP contribution in [0.4, 0.5) is 0 Å². The summed E-state index contributed by atoms with van der Waals surface area (Å²) in [4.78, 5) is 11.6. The van der Waals surface area contributed by atoms with Crippen LogP contribution in [0.25, 0.3) is 0 Å². The molecule has 0 atom stereocenters. The Morgan fingerprint density at radius 1 is 1.12 bits per heavy atom. The molecule has 1 nitrogen and oxygen atoms in total. The Kier molecular flexibility index (Phi) is 5.27. The standard InChI is InChI=1S/C15H18O/c1-13(2)9-5-3-8-12-15(16)14-10-6-4-7-11-14/h4,6-12H,3,5H2,1-2H3/b12-8+. The van der Waals surface area contributed by atoms with Gasteiger partial charge in [0.05, 0.1) is 0 Å². The SMILES string of the molecule is CC(C)=CCC/C=C/C(=O)c1ccccc1. The molecule has 0 aliphatic heterocycles. The Bertz CT molecular complexity index is 381. The van der Waals surface area contributed by atoms with E-state index in [1.165, 1.54) is 5.57 Å². The molecule has 1 heteroatoms. The Balaban J connectivity index is 2.41. The molecule has 0 saturated heterocycles. The average Bonchev–Trinajstić information content (AvgIpc) is 2.29. The molecule has 1 rings (SSSR count). The molecular weight excluding hydrogens is 196 g/mol. The zero-order valence-corrected chi connectivity index (χ0v) is 9.94. The number of benzene rings is 1. The quantitative estimate of drug-likeness (QED) is 0.311. The van der Waals surface area contributed by atoms with Crippen LogP contribution in [0.3, 0.4) is 0 Å². The molecular formula is C15H18O. The van der Waals surface area contributed by atoms with Crippen molar-refractivity contribution in [3.63, 3.8) is 0 Å². The van der Waals surface area contributed by atoms with Crippen molar-refractivity contribution in [1.29, 1.82) is 0 Å². The fraction of sp³-hybridized carbons (Fsp3) is 0.267. The van der Waals surface area contributed by atoms with Gasteiger partial charge in [0.2, 0.25) is 0 Å². The number of ketones is 1. The zero-order chi connectivity index (χ0) is 11.8. The molecule has 0 amide bonds. The van der Waals surface area contributed by atoms with Gasteiger partial charge in [0.15, 0.2) is 5.78 Å². The third-order valence-corrected chi connectivity index (χ3v) is 2.21. The Morgan fingerprint density at radius 3 is 2.44 bits per heavy atom. The van der Waals surface area contributed by atoms with E-state index in [9.17, 15) is 4.79 Å². The molecule has 1 aromatic rings. The van der Waals surface area contributed by atoms with Crippen molar-refractivity contribution in [2.75, 3.05) is 0 Å². The highest BCUT2D eigenvalue weighted by Gasteiger charge is 1.97. The van der Waals surface area contributed by atoms with Crippen molar-refractivity contribution in [2.24, 2.45) is 0 Å². The van der Waals surface area contributed by atoms with Gasteiger partial charge in [0, 0.05) is 5.56 Å². The first kappa shape index (κ1) is 12.4. The number of hydrogen-bond acceptors (Lipinski definition) is 1. The van der Waals surface area contributed by atoms with Crippen LogP contribution in [0.5, 0.6) is 0 Å². The summed E-state index contributed by atoms with van der Waals surface area (Å²) in [6.07, 6.45) is 7.70. The maximum absolute atomic E-state index is 11.6. The van der Waals surface area contributed by atoms with Gasteiger partial charge in [-0.3, -0.25) is 4.79 Å². The number of unbranched alkanes of at least 4 members (excludes halogenated alkanes) is 1. The van der Waals surface area contributed by atoms with Crippen molar-refractivity contribution < 1.29 is 4.79 Å². The topological polar surface area (TPSA) is 17.1 Å². The monoisotopic (exact) mass is 214 g/mol. The molecule has 0 aliphatic carbocycles. The van der Waals surface area contributed by atoms with E-state index < -0.39 is 0 Å². The molecule has 0 fully saturated rings. The average molecular weight is 214 g/mol. The Hall–Kier alpha value is -1.63. The maximum atomic E-state index is 11.6. The van der Waals surface area contributed by atoms with Crippen LogP contribution >= 0.6 is 0 Å². The summed E-state index contributed by atoms with van der Waals surface area (Å²) in [6, 6.07) is 9.34. The summed E-state index contributed by atoms with van der Waals surface area (Å²) in [5.41, 5.74) is 2.07. The van der Waals surface area contributed by atoms with E-state index in [-0.39, 0.29) is 5.78 Å². The van der Waals surface area contributed by atoms with Crippen LogP contribution in [0.15, 0.2) is 54.1 Å². The lowest BCUT2D eigenvalue weighted by Gasteiger charge is -1.93. The highest BCUT2D eigenvalue weighted by atomic mass is 16.1. The predicted octanol–water partition coefficient (Wildman–Crippen LogP) is 4.17. The van der Waals surface area contributed by atoms with Gasteiger partial charge in [-0.25, -0.2) is 0 Å². The van der Waals surface area contributed by atoms with Gasteiger partial charge in [-0.2, -0.15) is 0 Å². The lowest BCUT2D eigenvalue weighted by Crippen LogP contribution is -1.92. The van der Waals surface area contributed by atoms with Crippen molar-refractivity contribution in [2.45, 2.75) is 26.7 Å². The minimum atomic E-state index is 0.0813. The summed E-state index contributed by atoms with van der Waals surface area (Å²) in [7, 11) is 0. The van der Waals surface area contributed by atoms with Gasteiger partial charge in [-0.1, -0.05) is 48.1 Å². The first-order valence-electron chi connectivity index (χ1n) is 5.59. The number of allylic oxidation sites excluding steroid dienone is 4. The van der Waals surface area contributed by atoms with Crippen molar-refractivity contribution >= 4 is 5.78 Å². The lowest BCUT2D eigenvalue weighted by atomic mass is 10.1. The van der Waals surface area contributed by atoms with Gasteiger partial charge in [0.1, 0.15) is 0 Å². The third kappa shape index (κ3) is 4.74. The van der Waals surface area contributed by atoms with Gasteiger partial charge in [-0.05, 0) is 32.8 Å². The summed E-state index contributed by atoms with van der Waals surface area (Å²) >= 11 is 0. The van der Waals surface area contributed by atoms with Crippen LogP contribution in [0.2, 0.25) is 0 Å². The second kappa shape index (κ2) is 6.78. The third-order valence-electron chi connectivity index (χ3n) is 2.21. The molecule has 0 aliphatic rings. The van der Waals surface area contributed by atoms with E-state index in [2.05, 4.69) is 19.9 Å². The summed E-state index contributed by atoms with van der Waals surface area (Å²) in [5.74, 6) is 0.0813. The highest BCUT2D eigenvalue weighted by Crippen LogP contribution is 2.03. The van der Waals surface area contributed by atoms with Crippen LogP contribution in [-0.4, -0.2) is 5.78 Å². The molecule has 0 saturated carbocycles. The van der Waals surface area contributed by atoms with E-state index in [1.54, 1.807) is 6.08 Å². The Labute approximate surface area is 97.5 Å². The molecule has 0 unspecified atom stereocenters. The number of hydrogen-bond donors (Lipinski definition) is 0. The summed E-state index contributed by atoms with van der Waals surface area (Å²) in [6.45, 7) is 4.16. The fourth-order valence-corrected chi connectivity index (χ4v) is 1.36. The molecule has 0 aromatic heterocycles. The van der Waals surface area contributed by atoms with Gasteiger partial charge in [0.25, 0.3) is 0 Å². The molecule has 0 radical (unpaired) electrons. The highest BCUT2D eigenvalue weighted by molar-refractivity contribution is 6.04. The van der Waals surface area contributed by atoms with Gasteiger partial charge in [-0.15, -0.1) is 0 Å². The van der Waals surface area contributed by atoms with Crippen LogP contribution in [-0.2, 0) is 0 Å². The Morgan fingerprint density at radius 2 is 1.81 bits per heavy atom. The van der Waals surface area contributed by atoms with Gasteiger partial charge >= 0.3 is 0 Å². The zero-order valence-electron chi connectivity index (χ0n) is 9.94. The summed E-state index contributed by atoms with van der Waals surface area (Å²) < 4.78 is 0. The maximum Gasteiger partial charge on any atom is 0.185 e. The summed E-state index contributed by atoms with van der Waals surface area (Å²) in [5, 5.41) is 0. The molecule has 0 spiro atoms. The van der Waals surface area contributed by atoms with E-state index in [4.69, 9.17) is 0 Å². The van der Waals surface area contributed by atoms with Crippen molar-refractivity contribution in [3.8, 4) is 0 Å². The largest absolute Gasteiger partial charge is 0.289 e. The van der Waals surface area contributed by atoms with Crippen LogP contribution in [0.1, 0.15) is 37.0 Å². The molecule has 84 valence electrons. The van der Waals surface area contributed by atoms with Crippen molar-refractivity contribution in [1.82, 2.24) is 0 Å². The number of carbonyl (C=O) groups excluding carboxylic acids is 1. The fourth-order valence-electron chi connectivity index (χ4n) is 1.36. The minimum Gasteiger partial charge on any atom is -0.289 e. The second-order valence-electron chi connectivity index (χ2n) is 3.99. The second-order valence-corrected chi connectivity index (χ2v) is 3.99. The number of rotatable bonds is 5. The van der Waals surface area contributed by atoms with Crippen LogP contribution < -0.4 is 0 Å². The van der Waals surface area contributed by atoms with Crippen molar-refractivity contribution in [3.05, 3.63) is 59.7 Å². The normalized spacial score (nSPS) is 10.4. The molecule has 0 N–H and O–H groups in total. The van der Waals surface area contributed by atoms with E-state index >= 15 is 0 Å². The smallest absolute Gasteiger partial charge is 0.185 e. The first-order valence-corrected chi connectivity index (χ1v) is 5.59. The van der Waals surface area contributed by atoms with Crippen LogP contribution in [0, 0.1) is 0 Å². The minimum absolute atomic E-state index is 0.0813. The van der Waals surface area contributed by atoms with E-state index in [1.807, 2.05) is 36.4 Å². The lowest BCUT2D eigenvalue weighted by molar-refractivity contribution is 0.104. The van der Waals surface area contributed by atoms with E-state index in [0.717, 1.165) is 18.4 Å². The molecule has 0 bridgehead atoms. The number of carbonyl (C=O) groups is 1. The predicted molar refractivity (Wildman–Crippen MR) is 68.6 cm³/mol. The van der Waals surface area contributed by atoms with Gasteiger partial charge < -0.3 is 0 Å². The van der Waals surface area contributed by atoms with E-state index in [0.29, 0.717) is 0 Å². The molecule has 1 aromatic carbocycles. The first-order chi connectivity index (χ1) is 7.70. The molecule has 16 heavy (non-hydrogen) atoms. The molecule has 0 heterocycles.